The molecule has 4 aromatic rings. The van der Waals surface area contributed by atoms with E-state index in [9.17, 15) is 4.79 Å². The lowest BCUT2D eigenvalue weighted by Crippen LogP contribution is -2.47. The normalized spacial score (nSPS) is 15.1. The quantitative estimate of drug-likeness (QED) is 0.525. The maximum absolute atomic E-state index is 12.7. The maximum atomic E-state index is 12.7. The fourth-order valence-corrected chi connectivity index (χ4v) is 4.36. The minimum Gasteiger partial charge on any atom is -0.336 e. The number of rotatable bonds is 3. The van der Waals surface area contributed by atoms with Crippen LogP contribution in [0.3, 0.4) is 0 Å². The summed E-state index contributed by atoms with van der Waals surface area (Å²) in [5, 5.41) is 5.62. The summed E-state index contributed by atoms with van der Waals surface area (Å²) in [6.07, 6.45) is 5.35. The second-order valence-electron chi connectivity index (χ2n) is 7.15. The predicted octanol–water partition coefficient (Wildman–Crippen LogP) is 2.91. The predicted molar refractivity (Wildman–Crippen MR) is 113 cm³/mol. The molecule has 0 saturated carbocycles. The lowest BCUT2D eigenvalue weighted by atomic mass is 10.1. The molecule has 0 aliphatic carbocycles. The average molecular weight is 404 g/mol. The summed E-state index contributed by atoms with van der Waals surface area (Å²) in [5.74, 6) is 0.0959. The summed E-state index contributed by atoms with van der Waals surface area (Å²) in [7, 11) is 2.08. The van der Waals surface area contributed by atoms with Crippen LogP contribution in [0.2, 0.25) is 0 Å². The molecular weight excluding hydrogens is 384 g/mol. The Balaban J connectivity index is 1.39. The van der Waals surface area contributed by atoms with Crippen molar-refractivity contribution in [3.05, 3.63) is 60.6 Å². The number of carbonyl (C=O) groups is 1. The summed E-state index contributed by atoms with van der Waals surface area (Å²) >= 11 is 1.53. The van der Waals surface area contributed by atoms with Gasteiger partial charge in [-0.15, -0.1) is 0 Å². The van der Waals surface area contributed by atoms with E-state index in [1.807, 2.05) is 52.0 Å². The topological polar surface area (TPSA) is 66.6 Å². The summed E-state index contributed by atoms with van der Waals surface area (Å²) in [6, 6.07) is 11.6. The molecule has 3 aromatic heterocycles. The van der Waals surface area contributed by atoms with Gasteiger partial charge in [0.05, 0.1) is 11.9 Å². The second kappa shape index (κ2) is 7.38. The number of benzene rings is 1. The molecule has 0 N–H and O–H groups in total. The molecule has 1 aliphatic heterocycles. The summed E-state index contributed by atoms with van der Waals surface area (Å²) < 4.78 is 1.86. The number of fused-ring (bicyclic) bond motifs is 1. The molecule has 146 valence electrons. The number of likely N-dealkylation sites (N-methyl/N-ethyl adjacent to an activating group) is 1. The number of amides is 1. The molecule has 1 saturated heterocycles. The van der Waals surface area contributed by atoms with Gasteiger partial charge in [-0.2, -0.15) is 5.10 Å². The number of piperazine rings is 1. The van der Waals surface area contributed by atoms with Crippen LogP contribution in [-0.4, -0.2) is 68.5 Å². The van der Waals surface area contributed by atoms with Crippen molar-refractivity contribution in [3.8, 4) is 21.8 Å². The molecule has 0 bridgehead atoms. The molecule has 0 spiro atoms. The Kier molecular flexibility index (Phi) is 4.57. The average Bonchev–Trinajstić information content (AvgIpc) is 3.35. The smallest absolute Gasteiger partial charge is 0.253 e. The van der Waals surface area contributed by atoms with Gasteiger partial charge in [0.15, 0.2) is 0 Å². The number of nitrogens with zero attached hydrogens (tertiary/aromatic N) is 6. The van der Waals surface area contributed by atoms with E-state index in [4.69, 9.17) is 5.10 Å². The number of hydrogen-bond donors (Lipinski definition) is 0. The molecule has 0 unspecified atom stereocenters. The van der Waals surface area contributed by atoms with Crippen molar-refractivity contribution < 1.29 is 4.79 Å². The van der Waals surface area contributed by atoms with Gasteiger partial charge in [-0.25, -0.2) is 9.50 Å². The Morgan fingerprint density at radius 1 is 0.966 bits per heavy atom. The first kappa shape index (κ1) is 18.0. The van der Waals surface area contributed by atoms with Crippen LogP contribution in [0.4, 0.5) is 0 Å². The first-order chi connectivity index (χ1) is 14.2. The number of imidazole rings is 1. The molecule has 29 heavy (non-hydrogen) atoms. The second-order valence-corrected chi connectivity index (χ2v) is 8.11. The number of hydrogen-bond acceptors (Lipinski definition) is 6. The van der Waals surface area contributed by atoms with Crippen LogP contribution < -0.4 is 0 Å². The SMILES string of the molecule is CN1CCN(C(=O)c2ccc(-c3nn4c(-c5ccncc5)cnc4s3)cc2)CC1. The van der Waals surface area contributed by atoms with Gasteiger partial charge in [0, 0.05) is 55.3 Å². The van der Waals surface area contributed by atoms with Crippen LogP contribution in [0.15, 0.2) is 55.0 Å². The lowest BCUT2D eigenvalue weighted by Gasteiger charge is -2.32. The Bertz CT molecular complexity index is 1140. The van der Waals surface area contributed by atoms with Gasteiger partial charge in [-0.3, -0.25) is 9.78 Å². The molecule has 7 nitrogen and oxygen atoms in total. The van der Waals surface area contributed by atoms with Crippen molar-refractivity contribution in [3.63, 3.8) is 0 Å². The van der Waals surface area contributed by atoms with Crippen LogP contribution in [0.25, 0.3) is 26.8 Å². The molecule has 0 radical (unpaired) electrons. The molecule has 1 amide bonds. The van der Waals surface area contributed by atoms with Gasteiger partial charge in [0.25, 0.3) is 5.91 Å². The number of pyridine rings is 1. The number of aromatic nitrogens is 4. The van der Waals surface area contributed by atoms with E-state index in [0.29, 0.717) is 0 Å². The van der Waals surface area contributed by atoms with Crippen molar-refractivity contribution in [2.45, 2.75) is 0 Å². The van der Waals surface area contributed by atoms with E-state index in [1.54, 1.807) is 12.4 Å². The molecule has 1 aliphatic rings. The van der Waals surface area contributed by atoms with Gasteiger partial charge >= 0.3 is 0 Å². The van der Waals surface area contributed by atoms with Gasteiger partial charge in [-0.05, 0) is 31.3 Å². The van der Waals surface area contributed by atoms with E-state index in [2.05, 4.69) is 21.9 Å². The number of carbonyl (C=O) groups excluding carboxylic acids is 1. The maximum Gasteiger partial charge on any atom is 0.253 e. The monoisotopic (exact) mass is 404 g/mol. The van der Waals surface area contributed by atoms with Crippen LogP contribution in [0, 0.1) is 0 Å². The Hall–Kier alpha value is -3.10. The van der Waals surface area contributed by atoms with Gasteiger partial charge in [0.2, 0.25) is 4.96 Å². The standard InChI is InChI=1S/C21H20N6OS/c1-25-10-12-26(13-11-25)20(28)17-4-2-16(3-5-17)19-24-27-18(14-23-21(27)29-19)15-6-8-22-9-7-15/h2-9,14H,10-13H2,1H3. The van der Waals surface area contributed by atoms with Crippen LogP contribution >= 0.6 is 11.3 Å². The first-order valence-corrected chi connectivity index (χ1v) is 10.3. The minimum absolute atomic E-state index is 0.0959. The van der Waals surface area contributed by atoms with Crippen molar-refractivity contribution in [1.29, 1.82) is 0 Å². The van der Waals surface area contributed by atoms with Gasteiger partial charge < -0.3 is 9.80 Å². The zero-order chi connectivity index (χ0) is 19.8. The molecule has 8 heteroatoms. The highest BCUT2D eigenvalue weighted by atomic mass is 32.1. The van der Waals surface area contributed by atoms with Crippen molar-refractivity contribution in [2.24, 2.45) is 0 Å². The van der Waals surface area contributed by atoms with Crippen molar-refractivity contribution in [1.82, 2.24) is 29.4 Å². The Labute approximate surface area is 172 Å². The van der Waals surface area contributed by atoms with Crippen LogP contribution in [0.5, 0.6) is 0 Å². The molecule has 1 aromatic carbocycles. The molecule has 0 atom stereocenters. The van der Waals surface area contributed by atoms with Gasteiger partial charge in [0.1, 0.15) is 5.01 Å². The molecule has 1 fully saturated rings. The van der Waals surface area contributed by atoms with Crippen molar-refractivity contribution in [2.75, 3.05) is 33.2 Å². The Morgan fingerprint density at radius 3 is 2.41 bits per heavy atom. The van der Waals surface area contributed by atoms with Crippen molar-refractivity contribution >= 4 is 22.2 Å². The van der Waals surface area contributed by atoms with Gasteiger partial charge in [-0.1, -0.05) is 23.5 Å². The molecule has 5 rings (SSSR count). The van der Waals surface area contributed by atoms with Crippen LogP contribution in [0.1, 0.15) is 10.4 Å². The largest absolute Gasteiger partial charge is 0.336 e. The van der Waals surface area contributed by atoms with E-state index < -0.39 is 0 Å². The van der Waals surface area contributed by atoms with E-state index >= 15 is 0 Å². The lowest BCUT2D eigenvalue weighted by molar-refractivity contribution is 0.0664. The summed E-state index contributed by atoms with van der Waals surface area (Å²) in [6.45, 7) is 3.39. The zero-order valence-electron chi connectivity index (χ0n) is 16.0. The summed E-state index contributed by atoms with van der Waals surface area (Å²) in [4.78, 5) is 26.3. The minimum atomic E-state index is 0.0959. The highest BCUT2D eigenvalue weighted by Crippen LogP contribution is 2.29. The van der Waals surface area contributed by atoms with E-state index in [-0.39, 0.29) is 5.91 Å². The zero-order valence-corrected chi connectivity index (χ0v) is 16.8. The fraction of sp³-hybridized carbons (Fsp3) is 0.238. The fourth-order valence-electron chi connectivity index (χ4n) is 3.48. The summed E-state index contributed by atoms with van der Waals surface area (Å²) in [5.41, 5.74) is 3.66. The van der Waals surface area contributed by atoms with Crippen LogP contribution in [-0.2, 0) is 0 Å². The third-order valence-electron chi connectivity index (χ3n) is 5.23. The third-order valence-corrected chi connectivity index (χ3v) is 6.20. The first-order valence-electron chi connectivity index (χ1n) is 9.52. The molecule has 4 heterocycles. The highest BCUT2D eigenvalue weighted by molar-refractivity contribution is 7.19. The third kappa shape index (κ3) is 3.41. The highest BCUT2D eigenvalue weighted by Gasteiger charge is 2.20. The van der Waals surface area contributed by atoms with E-state index in [0.717, 1.165) is 58.5 Å². The molecular formula is C21H20N6OS. The van der Waals surface area contributed by atoms with E-state index in [1.165, 1.54) is 11.3 Å². The Morgan fingerprint density at radius 2 is 1.69 bits per heavy atom.